The predicted molar refractivity (Wildman–Crippen MR) is 98.2 cm³/mol. The van der Waals surface area contributed by atoms with Gasteiger partial charge in [-0.25, -0.2) is 31.9 Å². The van der Waals surface area contributed by atoms with Gasteiger partial charge < -0.3 is 0 Å². The van der Waals surface area contributed by atoms with Gasteiger partial charge in [-0.2, -0.15) is 0 Å². The van der Waals surface area contributed by atoms with Crippen molar-refractivity contribution >= 4 is 15.7 Å². The number of aromatic nitrogens is 3. The Morgan fingerprint density at radius 3 is 1.92 bits per heavy atom. The number of benzene rings is 2. The molecule has 1 aromatic heterocycles. The van der Waals surface area contributed by atoms with E-state index in [1.807, 2.05) is 6.07 Å². The van der Waals surface area contributed by atoms with Gasteiger partial charge in [-0.3, -0.25) is 4.72 Å². The molecule has 0 saturated carbocycles. The summed E-state index contributed by atoms with van der Waals surface area (Å²) in [5, 5.41) is 0. The van der Waals surface area contributed by atoms with Crippen molar-refractivity contribution in [2.24, 2.45) is 14.1 Å². The molecule has 0 saturated heterocycles. The smallest absolute Gasteiger partial charge is 0.279 e. The standard InChI is InChI=1S/C17H18N4O4S/c1-12-6-4-5-7-15(12)18-26(24,25)14-10-8-13(9-11-14)21-16(22)19(2)20(3)17(21)23/h4-11,18H,1-3H3. The lowest BCUT2D eigenvalue weighted by molar-refractivity contribution is 0.565. The first kappa shape index (κ1) is 17.7. The number of para-hydroxylation sites is 1. The summed E-state index contributed by atoms with van der Waals surface area (Å²) in [4.78, 5) is 24.3. The number of hydrogen-bond donors (Lipinski definition) is 1. The average molecular weight is 374 g/mol. The van der Waals surface area contributed by atoms with Crippen LogP contribution in [0.25, 0.3) is 5.69 Å². The average Bonchev–Trinajstić information content (AvgIpc) is 2.80. The van der Waals surface area contributed by atoms with Crippen LogP contribution in [0.5, 0.6) is 0 Å². The lowest BCUT2D eigenvalue weighted by Gasteiger charge is -2.10. The van der Waals surface area contributed by atoms with Crippen molar-refractivity contribution in [2.45, 2.75) is 11.8 Å². The van der Waals surface area contributed by atoms with Crippen LogP contribution < -0.4 is 16.1 Å². The quantitative estimate of drug-likeness (QED) is 0.737. The molecule has 26 heavy (non-hydrogen) atoms. The summed E-state index contributed by atoms with van der Waals surface area (Å²) in [7, 11) is -0.829. The minimum Gasteiger partial charge on any atom is -0.279 e. The van der Waals surface area contributed by atoms with Crippen LogP contribution >= 0.6 is 0 Å². The van der Waals surface area contributed by atoms with Crippen LogP contribution in [0, 0.1) is 6.92 Å². The van der Waals surface area contributed by atoms with Crippen LogP contribution in [0.15, 0.2) is 63.0 Å². The molecule has 0 radical (unpaired) electrons. The zero-order valence-electron chi connectivity index (χ0n) is 14.5. The monoisotopic (exact) mass is 374 g/mol. The topological polar surface area (TPSA) is 95.1 Å². The van der Waals surface area contributed by atoms with Gasteiger partial charge in [-0.05, 0) is 42.8 Å². The highest BCUT2D eigenvalue weighted by molar-refractivity contribution is 7.92. The second-order valence-corrected chi connectivity index (χ2v) is 7.54. The molecule has 136 valence electrons. The minimum atomic E-state index is -3.78. The van der Waals surface area contributed by atoms with Crippen molar-refractivity contribution in [1.82, 2.24) is 13.9 Å². The molecule has 0 fully saturated rings. The Kier molecular flexibility index (Phi) is 4.33. The van der Waals surface area contributed by atoms with Crippen LogP contribution in [-0.2, 0) is 24.1 Å². The van der Waals surface area contributed by atoms with Gasteiger partial charge in [0, 0.05) is 14.1 Å². The Morgan fingerprint density at radius 2 is 1.38 bits per heavy atom. The summed E-state index contributed by atoms with van der Waals surface area (Å²) in [6, 6.07) is 12.6. The molecule has 1 N–H and O–H groups in total. The highest BCUT2D eigenvalue weighted by atomic mass is 32.2. The van der Waals surface area contributed by atoms with Crippen molar-refractivity contribution in [1.29, 1.82) is 0 Å². The van der Waals surface area contributed by atoms with Gasteiger partial charge in [-0.1, -0.05) is 18.2 Å². The third-order valence-electron chi connectivity index (χ3n) is 4.18. The van der Waals surface area contributed by atoms with Crippen molar-refractivity contribution in [2.75, 3.05) is 4.72 Å². The van der Waals surface area contributed by atoms with Crippen molar-refractivity contribution < 1.29 is 8.42 Å². The van der Waals surface area contributed by atoms with Crippen LogP contribution in [0.4, 0.5) is 5.69 Å². The number of rotatable bonds is 4. The van der Waals surface area contributed by atoms with E-state index in [4.69, 9.17) is 0 Å². The van der Waals surface area contributed by atoms with Crippen molar-refractivity contribution in [3.8, 4) is 5.69 Å². The molecule has 0 aliphatic rings. The molecule has 3 aromatic rings. The summed E-state index contributed by atoms with van der Waals surface area (Å²) >= 11 is 0. The lowest BCUT2D eigenvalue weighted by atomic mass is 10.2. The second-order valence-electron chi connectivity index (χ2n) is 5.86. The number of nitrogens with zero attached hydrogens (tertiary/aromatic N) is 3. The molecule has 0 spiro atoms. The summed E-state index contributed by atoms with van der Waals surface area (Å²) in [5.41, 5.74) is 0.570. The molecule has 8 nitrogen and oxygen atoms in total. The summed E-state index contributed by atoms with van der Waals surface area (Å²) in [5.74, 6) is 0. The first-order chi connectivity index (χ1) is 12.2. The molecule has 9 heteroatoms. The Labute approximate surface area is 150 Å². The number of anilines is 1. The zero-order valence-corrected chi connectivity index (χ0v) is 15.3. The maximum atomic E-state index is 12.5. The van der Waals surface area contributed by atoms with Gasteiger partial charge in [0.25, 0.3) is 10.0 Å². The molecular weight excluding hydrogens is 356 g/mol. The molecule has 0 unspecified atom stereocenters. The number of aryl methyl sites for hydroxylation is 1. The van der Waals surface area contributed by atoms with E-state index in [0.29, 0.717) is 11.4 Å². The third kappa shape index (κ3) is 2.97. The molecule has 0 amide bonds. The van der Waals surface area contributed by atoms with Crippen molar-refractivity contribution in [3.05, 3.63) is 75.1 Å². The van der Waals surface area contributed by atoms with E-state index in [9.17, 15) is 18.0 Å². The normalized spacial score (nSPS) is 11.5. The fraction of sp³-hybridized carbons (Fsp3) is 0.176. The second kappa shape index (κ2) is 6.34. The Balaban J connectivity index is 1.98. The summed E-state index contributed by atoms with van der Waals surface area (Å²) in [6.07, 6.45) is 0. The van der Waals surface area contributed by atoms with E-state index in [1.165, 1.54) is 47.7 Å². The SMILES string of the molecule is Cc1ccccc1NS(=O)(=O)c1ccc(-n2c(=O)n(C)n(C)c2=O)cc1. The van der Waals surface area contributed by atoms with Gasteiger partial charge in [0.15, 0.2) is 0 Å². The van der Waals surface area contributed by atoms with Gasteiger partial charge in [0.05, 0.1) is 16.3 Å². The third-order valence-corrected chi connectivity index (χ3v) is 5.56. The first-order valence-electron chi connectivity index (χ1n) is 7.76. The van der Waals surface area contributed by atoms with Gasteiger partial charge in [0.1, 0.15) is 0 Å². The predicted octanol–water partition coefficient (Wildman–Crippen LogP) is 0.984. The number of sulfonamides is 1. The molecule has 0 atom stereocenters. The minimum absolute atomic E-state index is 0.0327. The Bertz CT molecular complexity index is 1150. The molecular formula is C17H18N4O4S. The van der Waals surface area contributed by atoms with Crippen LogP contribution in [0.1, 0.15) is 5.56 Å². The van der Waals surface area contributed by atoms with E-state index in [-0.39, 0.29) is 4.90 Å². The van der Waals surface area contributed by atoms with E-state index < -0.39 is 21.4 Å². The molecule has 0 aliphatic carbocycles. The Hall–Kier alpha value is -3.07. The highest BCUT2D eigenvalue weighted by Gasteiger charge is 2.17. The first-order valence-corrected chi connectivity index (χ1v) is 9.24. The molecule has 0 aliphatic heterocycles. The molecule has 2 aromatic carbocycles. The van der Waals surface area contributed by atoms with E-state index >= 15 is 0 Å². The van der Waals surface area contributed by atoms with Crippen LogP contribution in [0.3, 0.4) is 0 Å². The number of nitrogens with one attached hydrogen (secondary N) is 1. The largest absolute Gasteiger partial charge is 0.351 e. The fourth-order valence-corrected chi connectivity index (χ4v) is 3.65. The summed E-state index contributed by atoms with van der Waals surface area (Å²) < 4.78 is 30.9. The Morgan fingerprint density at radius 1 is 0.846 bits per heavy atom. The summed E-state index contributed by atoms with van der Waals surface area (Å²) in [6.45, 7) is 1.80. The van der Waals surface area contributed by atoms with E-state index in [2.05, 4.69) is 4.72 Å². The maximum Gasteiger partial charge on any atom is 0.351 e. The van der Waals surface area contributed by atoms with E-state index in [1.54, 1.807) is 25.1 Å². The van der Waals surface area contributed by atoms with Crippen molar-refractivity contribution in [3.63, 3.8) is 0 Å². The highest BCUT2D eigenvalue weighted by Crippen LogP contribution is 2.20. The lowest BCUT2D eigenvalue weighted by Crippen LogP contribution is -2.26. The van der Waals surface area contributed by atoms with Crippen LogP contribution in [0.2, 0.25) is 0 Å². The molecule has 3 rings (SSSR count). The molecule has 1 heterocycles. The fourth-order valence-electron chi connectivity index (χ4n) is 2.51. The van der Waals surface area contributed by atoms with E-state index in [0.717, 1.165) is 10.1 Å². The van der Waals surface area contributed by atoms with Gasteiger partial charge >= 0.3 is 11.4 Å². The van der Waals surface area contributed by atoms with Gasteiger partial charge in [0.2, 0.25) is 0 Å². The maximum absolute atomic E-state index is 12.5. The number of hydrogen-bond acceptors (Lipinski definition) is 4. The zero-order chi connectivity index (χ0) is 19.1. The molecule has 0 bridgehead atoms. The van der Waals surface area contributed by atoms with Crippen LogP contribution in [-0.4, -0.2) is 22.3 Å². The van der Waals surface area contributed by atoms with Gasteiger partial charge in [-0.15, -0.1) is 0 Å².